The molecule has 11 heteroatoms. The fraction of sp³-hybridized carbons (Fsp3) is 0.0870. The van der Waals surface area contributed by atoms with E-state index in [4.69, 9.17) is 11.6 Å². The van der Waals surface area contributed by atoms with Gasteiger partial charge in [-0.15, -0.1) is 11.3 Å². The molecule has 2 N–H and O–H groups in total. The smallest absolute Gasteiger partial charge is 0.265 e. The minimum atomic E-state index is -3.68. The molecule has 0 fully saturated rings. The average Bonchev–Trinajstić information content (AvgIpc) is 3.16. The number of fused-ring (bicyclic) bond motifs is 1. The van der Waals surface area contributed by atoms with Crippen LogP contribution in [0.1, 0.15) is 16.6 Å². The number of sulfonamides is 1. The van der Waals surface area contributed by atoms with Crippen molar-refractivity contribution in [3.8, 4) is 11.1 Å². The maximum absolute atomic E-state index is 14.4. The summed E-state index contributed by atoms with van der Waals surface area (Å²) in [5.41, 5.74) is 0.515. The molecule has 5 nitrogen and oxygen atoms in total. The molecule has 0 radical (unpaired) electrons. The van der Waals surface area contributed by atoms with E-state index < -0.39 is 33.4 Å². The number of hydrogen-bond donors (Lipinski definition) is 2. The van der Waals surface area contributed by atoms with Crippen LogP contribution >= 0.6 is 22.9 Å². The Balaban J connectivity index is 1.62. The van der Waals surface area contributed by atoms with Gasteiger partial charge in [-0.1, -0.05) is 11.6 Å². The Morgan fingerprint density at radius 2 is 1.76 bits per heavy atom. The van der Waals surface area contributed by atoms with E-state index >= 15 is 0 Å². The van der Waals surface area contributed by atoms with Gasteiger partial charge in [0.25, 0.3) is 5.91 Å². The summed E-state index contributed by atoms with van der Waals surface area (Å²) in [6.45, 7) is 1.43. The number of anilines is 2. The van der Waals surface area contributed by atoms with E-state index in [1.54, 1.807) is 0 Å². The van der Waals surface area contributed by atoms with Crippen LogP contribution in [-0.2, 0) is 10.0 Å². The molecule has 0 saturated heterocycles. The van der Waals surface area contributed by atoms with E-state index in [1.165, 1.54) is 43.3 Å². The molecule has 0 unspecified atom stereocenters. The highest BCUT2D eigenvalue weighted by Crippen LogP contribution is 2.33. The molecular formula is C23H16ClF3N2O3S2. The highest BCUT2D eigenvalue weighted by molar-refractivity contribution is 7.92. The molecule has 0 aliphatic carbocycles. The van der Waals surface area contributed by atoms with Crippen LogP contribution in [0.15, 0.2) is 54.6 Å². The number of hydrogen-bond acceptors (Lipinski definition) is 4. The lowest BCUT2D eigenvalue weighted by Gasteiger charge is -2.09. The van der Waals surface area contributed by atoms with Crippen molar-refractivity contribution in [3.05, 3.63) is 81.9 Å². The number of halogens is 4. The number of nitrogens with one attached hydrogen (secondary N) is 2. The molecule has 3 aromatic carbocycles. The molecule has 0 aliphatic rings. The van der Waals surface area contributed by atoms with Crippen LogP contribution in [0.4, 0.5) is 24.5 Å². The zero-order valence-corrected chi connectivity index (χ0v) is 19.8. The molecule has 1 amide bonds. The van der Waals surface area contributed by atoms with Crippen LogP contribution in [0.25, 0.3) is 21.2 Å². The zero-order valence-electron chi connectivity index (χ0n) is 17.5. The van der Waals surface area contributed by atoms with Crippen molar-refractivity contribution < 1.29 is 26.4 Å². The van der Waals surface area contributed by atoms with E-state index in [0.717, 1.165) is 29.5 Å². The second-order valence-electron chi connectivity index (χ2n) is 7.29. The van der Waals surface area contributed by atoms with Gasteiger partial charge < -0.3 is 5.32 Å². The molecule has 4 aromatic rings. The first-order chi connectivity index (χ1) is 16.0. The van der Waals surface area contributed by atoms with E-state index in [0.29, 0.717) is 15.6 Å². The molecular weight excluding hydrogens is 509 g/mol. The molecule has 0 spiro atoms. The van der Waals surface area contributed by atoms with Crippen molar-refractivity contribution >= 4 is 60.3 Å². The molecule has 1 heterocycles. The SMILES string of the molecule is CCS(=O)(=O)Nc1cc2cc(C(=O)Nc3cc(Cl)cc(-c4ccc(F)cc4F)c3)sc2cc1F. The summed E-state index contributed by atoms with van der Waals surface area (Å²) >= 11 is 7.15. The highest BCUT2D eigenvalue weighted by Gasteiger charge is 2.17. The van der Waals surface area contributed by atoms with Crippen LogP contribution in [0, 0.1) is 17.5 Å². The number of carbonyl (C=O) groups is 1. The summed E-state index contributed by atoms with van der Waals surface area (Å²) in [5, 5.41) is 3.36. The van der Waals surface area contributed by atoms with E-state index in [2.05, 4.69) is 10.0 Å². The molecule has 0 aliphatic heterocycles. The molecule has 34 heavy (non-hydrogen) atoms. The molecule has 0 atom stereocenters. The molecule has 0 bridgehead atoms. The Bertz CT molecular complexity index is 1540. The van der Waals surface area contributed by atoms with Crippen molar-refractivity contribution in [2.75, 3.05) is 15.8 Å². The lowest BCUT2D eigenvalue weighted by atomic mass is 10.0. The summed E-state index contributed by atoms with van der Waals surface area (Å²) in [7, 11) is -3.68. The van der Waals surface area contributed by atoms with Gasteiger partial charge >= 0.3 is 0 Å². The van der Waals surface area contributed by atoms with Gasteiger partial charge in [0.05, 0.1) is 16.3 Å². The van der Waals surface area contributed by atoms with Crippen molar-refractivity contribution in [3.63, 3.8) is 0 Å². The third-order valence-corrected chi connectivity index (χ3v) is 7.48. The maximum Gasteiger partial charge on any atom is 0.265 e. The van der Waals surface area contributed by atoms with E-state index in [9.17, 15) is 26.4 Å². The Kier molecular flexibility index (Phi) is 6.57. The van der Waals surface area contributed by atoms with Gasteiger partial charge in [0.1, 0.15) is 17.5 Å². The van der Waals surface area contributed by atoms with E-state index in [1.807, 2.05) is 0 Å². The Morgan fingerprint density at radius 3 is 2.47 bits per heavy atom. The number of amides is 1. The Morgan fingerprint density at radius 1 is 1.00 bits per heavy atom. The van der Waals surface area contributed by atoms with Gasteiger partial charge in [0, 0.05) is 27.0 Å². The predicted molar refractivity (Wildman–Crippen MR) is 130 cm³/mol. The second kappa shape index (κ2) is 9.28. The first-order valence-corrected chi connectivity index (χ1v) is 12.7. The third kappa shape index (κ3) is 5.19. The number of carbonyl (C=O) groups excluding carboxylic acids is 1. The standard InChI is InChI=1S/C23H16ClF3N2O3S2/c1-2-34(31,32)29-20-7-13-8-22(33-21(13)11-19(20)27)23(30)28-16-6-12(5-14(24)9-16)17-4-3-15(25)10-18(17)26/h3-11,29H,2H2,1H3,(H,28,30). The number of thiophene rings is 1. The van der Waals surface area contributed by atoms with Gasteiger partial charge in [-0.25, -0.2) is 21.6 Å². The molecule has 176 valence electrons. The van der Waals surface area contributed by atoms with Gasteiger partial charge in [0.15, 0.2) is 0 Å². The minimum absolute atomic E-state index is 0.110. The normalized spacial score (nSPS) is 11.6. The van der Waals surface area contributed by atoms with Crippen LogP contribution in [0.2, 0.25) is 5.02 Å². The fourth-order valence-electron chi connectivity index (χ4n) is 3.23. The maximum atomic E-state index is 14.4. The van der Waals surface area contributed by atoms with Crippen molar-refractivity contribution in [2.45, 2.75) is 6.92 Å². The quantitative estimate of drug-likeness (QED) is 0.296. The lowest BCUT2D eigenvalue weighted by molar-refractivity contribution is 0.103. The Hall–Kier alpha value is -3.08. The van der Waals surface area contributed by atoms with Crippen LogP contribution < -0.4 is 10.0 Å². The average molecular weight is 525 g/mol. The fourth-order valence-corrected chi connectivity index (χ4v) is 5.06. The zero-order chi connectivity index (χ0) is 24.6. The summed E-state index contributed by atoms with van der Waals surface area (Å²) in [6, 6.07) is 11.5. The summed E-state index contributed by atoms with van der Waals surface area (Å²) in [5.74, 6) is -3.00. The van der Waals surface area contributed by atoms with Crippen LogP contribution in [0.5, 0.6) is 0 Å². The highest BCUT2D eigenvalue weighted by atomic mass is 35.5. The molecule has 4 rings (SSSR count). The topological polar surface area (TPSA) is 75.3 Å². The summed E-state index contributed by atoms with van der Waals surface area (Å²) in [6.07, 6.45) is 0. The predicted octanol–water partition coefficient (Wildman–Crippen LogP) is 6.65. The van der Waals surface area contributed by atoms with Gasteiger partial charge in [-0.3, -0.25) is 9.52 Å². The van der Waals surface area contributed by atoms with E-state index in [-0.39, 0.29) is 32.6 Å². The molecule has 1 aromatic heterocycles. The number of benzene rings is 3. The van der Waals surface area contributed by atoms with Crippen molar-refractivity contribution in [2.24, 2.45) is 0 Å². The minimum Gasteiger partial charge on any atom is -0.321 e. The van der Waals surface area contributed by atoms with Crippen molar-refractivity contribution in [1.29, 1.82) is 0 Å². The molecule has 0 saturated carbocycles. The first kappa shape index (κ1) is 24.1. The van der Waals surface area contributed by atoms with Gasteiger partial charge in [-0.2, -0.15) is 0 Å². The third-order valence-electron chi connectivity index (χ3n) is 4.87. The second-order valence-corrected chi connectivity index (χ2v) is 10.8. The largest absolute Gasteiger partial charge is 0.321 e. The van der Waals surface area contributed by atoms with Crippen LogP contribution in [-0.4, -0.2) is 20.1 Å². The van der Waals surface area contributed by atoms with Gasteiger partial charge in [-0.05, 0) is 66.4 Å². The van der Waals surface area contributed by atoms with Crippen LogP contribution in [0.3, 0.4) is 0 Å². The van der Waals surface area contributed by atoms with Crippen molar-refractivity contribution in [1.82, 2.24) is 0 Å². The monoisotopic (exact) mass is 524 g/mol. The number of rotatable bonds is 6. The summed E-state index contributed by atoms with van der Waals surface area (Å²) in [4.78, 5) is 13.1. The Labute approximate surface area is 202 Å². The first-order valence-electron chi connectivity index (χ1n) is 9.85. The van der Waals surface area contributed by atoms with Gasteiger partial charge in [0.2, 0.25) is 10.0 Å². The lowest BCUT2D eigenvalue weighted by Crippen LogP contribution is -2.15. The summed E-state index contributed by atoms with van der Waals surface area (Å²) < 4.78 is 68.0.